The van der Waals surface area contributed by atoms with Crippen molar-refractivity contribution in [1.29, 1.82) is 0 Å². The van der Waals surface area contributed by atoms with E-state index in [1.54, 1.807) is 42.6 Å². The van der Waals surface area contributed by atoms with Gasteiger partial charge >= 0.3 is 5.97 Å². The largest absolute Gasteiger partial charge is 0.465 e. The molecule has 1 aromatic carbocycles. The number of carbonyl (C=O) groups excluding carboxylic acids is 1. The summed E-state index contributed by atoms with van der Waals surface area (Å²) in [4.78, 5) is 12.0. The maximum Gasteiger partial charge on any atom is 0.342 e. The third-order valence-electron chi connectivity index (χ3n) is 3.06. The second-order valence-corrected chi connectivity index (χ2v) is 4.23. The molecular formula is C15H11FN2O2. The average Bonchev–Trinajstić information content (AvgIpc) is 2.86. The van der Waals surface area contributed by atoms with Gasteiger partial charge in [0, 0.05) is 11.8 Å². The smallest absolute Gasteiger partial charge is 0.342 e. The summed E-state index contributed by atoms with van der Waals surface area (Å²) in [5, 5.41) is 4.29. The molecule has 0 N–H and O–H groups in total. The number of fused-ring (bicyclic) bond motifs is 1. The van der Waals surface area contributed by atoms with Crippen LogP contribution in [-0.2, 0) is 4.74 Å². The SMILES string of the molecule is COC(=O)c1c(-c2ccccc2F)nn2ccccc12. The van der Waals surface area contributed by atoms with E-state index in [-0.39, 0.29) is 16.8 Å². The normalized spacial score (nSPS) is 10.7. The number of hydrogen-bond donors (Lipinski definition) is 0. The predicted octanol–water partition coefficient (Wildman–Crippen LogP) is 2.93. The molecule has 0 unspecified atom stereocenters. The van der Waals surface area contributed by atoms with Crippen LogP contribution in [0.25, 0.3) is 16.8 Å². The van der Waals surface area contributed by atoms with Crippen LogP contribution in [0.3, 0.4) is 0 Å². The van der Waals surface area contributed by atoms with Crippen LogP contribution in [0.1, 0.15) is 10.4 Å². The zero-order valence-corrected chi connectivity index (χ0v) is 10.7. The Morgan fingerprint density at radius 3 is 2.70 bits per heavy atom. The molecule has 20 heavy (non-hydrogen) atoms. The van der Waals surface area contributed by atoms with Crippen molar-refractivity contribution in [2.24, 2.45) is 0 Å². The Morgan fingerprint density at radius 2 is 1.95 bits per heavy atom. The van der Waals surface area contributed by atoms with Gasteiger partial charge in [0.15, 0.2) is 0 Å². The number of carbonyl (C=O) groups is 1. The fraction of sp³-hybridized carbons (Fsp3) is 0.0667. The zero-order valence-electron chi connectivity index (χ0n) is 10.7. The van der Waals surface area contributed by atoms with Gasteiger partial charge in [0.1, 0.15) is 17.1 Å². The van der Waals surface area contributed by atoms with E-state index < -0.39 is 11.8 Å². The first-order chi connectivity index (χ1) is 9.72. The Bertz CT molecular complexity index is 795. The lowest BCUT2D eigenvalue weighted by Gasteiger charge is -2.02. The lowest BCUT2D eigenvalue weighted by Crippen LogP contribution is -2.03. The molecule has 0 bridgehead atoms. The second kappa shape index (κ2) is 4.77. The van der Waals surface area contributed by atoms with Gasteiger partial charge in [-0.3, -0.25) is 0 Å². The summed E-state index contributed by atoms with van der Waals surface area (Å²) >= 11 is 0. The fourth-order valence-electron chi connectivity index (χ4n) is 2.14. The minimum absolute atomic E-state index is 0.262. The van der Waals surface area contributed by atoms with Gasteiger partial charge in [-0.15, -0.1) is 0 Å². The Hall–Kier alpha value is -2.69. The minimum atomic E-state index is -0.538. The van der Waals surface area contributed by atoms with Gasteiger partial charge in [0.25, 0.3) is 0 Å². The summed E-state index contributed by atoms with van der Waals surface area (Å²) in [6.45, 7) is 0. The fourth-order valence-corrected chi connectivity index (χ4v) is 2.14. The van der Waals surface area contributed by atoms with Gasteiger partial charge in [-0.05, 0) is 24.3 Å². The first-order valence-corrected chi connectivity index (χ1v) is 6.03. The average molecular weight is 270 g/mol. The van der Waals surface area contributed by atoms with E-state index in [9.17, 15) is 9.18 Å². The first-order valence-electron chi connectivity index (χ1n) is 6.03. The van der Waals surface area contributed by atoms with E-state index in [0.717, 1.165) is 0 Å². The van der Waals surface area contributed by atoms with Crippen LogP contribution >= 0.6 is 0 Å². The van der Waals surface area contributed by atoms with Gasteiger partial charge in [0.2, 0.25) is 0 Å². The van der Waals surface area contributed by atoms with E-state index in [1.165, 1.54) is 17.7 Å². The highest BCUT2D eigenvalue weighted by Gasteiger charge is 2.22. The molecule has 0 fully saturated rings. The standard InChI is InChI=1S/C15H11FN2O2/c1-20-15(19)13-12-8-4-5-9-18(12)17-14(13)10-6-2-3-7-11(10)16/h2-9H,1H3. The van der Waals surface area contributed by atoms with Crippen LogP contribution in [0.5, 0.6) is 0 Å². The molecule has 3 rings (SSSR count). The maximum atomic E-state index is 13.9. The summed E-state index contributed by atoms with van der Waals surface area (Å²) in [6.07, 6.45) is 1.70. The molecule has 0 saturated heterocycles. The number of hydrogen-bond acceptors (Lipinski definition) is 3. The molecular weight excluding hydrogens is 259 g/mol. The zero-order chi connectivity index (χ0) is 14.1. The molecule has 0 aliphatic rings. The van der Waals surface area contributed by atoms with Crippen LogP contribution in [-0.4, -0.2) is 22.7 Å². The molecule has 0 atom stereocenters. The van der Waals surface area contributed by atoms with Crippen molar-refractivity contribution in [2.45, 2.75) is 0 Å². The Labute approximate surface area is 114 Å². The number of methoxy groups -OCH3 is 1. The van der Waals surface area contributed by atoms with Gasteiger partial charge < -0.3 is 4.74 Å². The van der Waals surface area contributed by atoms with E-state index >= 15 is 0 Å². The van der Waals surface area contributed by atoms with Crippen molar-refractivity contribution in [3.05, 3.63) is 60.0 Å². The molecule has 100 valence electrons. The summed E-state index contributed by atoms with van der Waals surface area (Å²) < 4.78 is 20.3. The monoisotopic (exact) mass is 270 g/mol. The first kappa shape index (κ1) is 12.3. The molecule has 2 heterocycles. The molecule has 0 aliphatic heterocycles. The van der Waals surface area contributed by atoms with Gasteiger partial charge in [-0.1, -0.05) is 18.2 Å². The third-order valence-corrected chi connectivity index (χ3v) is 3.06. The van der Waals surface area contributed by atoms with Gasteiger partial charge in [-0.2, -0.15) is 5.10 Å². The van der Waals surface area contributed by atoms with Crippen molar-refractivity contribution in [3.8, 4) is 11.3 Å². The van der Waals surface area contributed by atoms with Crippen LogP contribution in [0.2, 0.25) is 0 Å². The van der Waals surface area contributed by atoms with E-state index in [1.807, 2.05) is 0 Å². The van der Waals surface area contributed by atoms with Crippen LogP contribution in [0.4, 0.5) is 4.39 Å². The number of pyridine rings is 1. The van der Waals surface area contributed by atoms with Crippen LogP contribution in [0, 0.1) is 5.82 Å². The molecule has 0 spiro atoms. The highest BCUT2D eigenvalue weighted by Crippen LogP contribution is 2.28. The van der Waals surface area contributed by atoms with E-state index in [4.69, 9.17) is 4.74 Å². The number of benzene rings is 1. The number of nitrogens with zero attached hydrogens (tertiary/aromatic N) is 2. The Kier molecular flexibility index (Phi) is 2.95. The summed E-state index contributed by atoms with van der Waals surface area (Å²) in [5.41, 5.74) is 1.40. The maximum absolute atomic E-state index is 13.9. The third kappa shape index (κ3) is 1.84. The summed E-state index contributed by atoms with van der Waals surface area (Å²) in [7, 11) is 1.29. The number of rotatable bonds is 2. The lowest BCUT2D eigenvalue weighted by atomic mass is 10.1. The number of esters is 1. The summed E-state index contributed by atoms with van der Waals surface area (Å²) in [5.74, 6) is -0.967. The molecule has 4 nitrogen and oxygen atoms in total. The molecule has 0 aliphatic carbocycles. The number of ether oxygens (including phenoxy) is 1. The Balaban J connectivity index is 2.35. The highest BCUT2D eigenvalue weighted by atomic mass is 19.1. The van der Waals surface area contributed by atoms with Gasteiger partial charge in [-0.25, -0.2) is 13.7 Å². The van der Waals surface area contributed by atoms with E-state index in [0.29, 0.717) is 5.52 Å². The molecule has 0 saturated carbocycles. The number of aromatic nitrogens is 2. The highest BCUT2D eigenvalue weighted by molar-refractivity contribution is 6.03. The summed E-state index contributed by atoms with van der Waals surface area (Å²) in [6, 6.07) is 11.5. The van der Waals surface area contributed by atoms with Gasteiger partial charge in [0.05, 0.1) is 12.6 Å². The van der Waals surface area contributed by atoms with E-state index in [2.05, 4.69) is 5.10 Å². The van der Waals surface area contributed by atoms with Crippen molar-refractivity contribution in [1.82, 2.24) is 9.61 Å². The van der Waals surface area contributed by atoms with Crippen molar-refractivity contribution in [3.63, 3.8) is 0 Å². The molecule has 0 amide bonds. The topological polar surface area (TPSA) is 43.6 Å². The molecule has 0 radical (unpaired) electrons. The molecule has 2 aromatic heterocycles. The molecule has 5 heteroatoms. The minimum Gasteiger partial charge on any atom is -0.465 e. The van der Waals surface area contributed by atoms with Crippen LogP contribution < -0.4 is 0 Å². The molecule has 3 aromatic rings. The lowest BCUT2D eigenvalue weighted by molar-refractivity contribution is 0.0604. The van der Waals surface area contributed by atoms with Crippen molar-refractivity contribution >= 4 is 11.5 Å². The quantitative estimate of drug-likeness (QED) is 0.672. The predicted molar refractivity (Wildman–Crippen MR) is 71.9 cm³/mol. The van der Waals surface area contributed by atoms with Crippen LogP contribution in [0.15, 0.2) is 48.7 Å². The second-order valence-electron chi connectivity index (χ2n) is 4.23. The Morgan fingerprint density at radius 1 is 1.20 bits per heavy atom. The number of halogens is 1. The van der Waals surface area contributed by atoms with Crippen molar-refractivity contribution in [2.75, 3.05) is 7.11 Å². The van der Waals surface area contributed by atoms with Crippen molar-refractivity contribution < 1.29 is 13.9 Å².